The third-order valence-corrected chi connectivity index (χ3v) is 5.00. The number of aliphatic hydroxyl groups is 1. The average molecular weight is 399 g/mol. The second-order valence-electron chi connectivity index (χ2n) is 6.80. The van der Waals surface area contributed by atoms with Crippen LogP contribution in [-0.2, 0) is 9.59 Å². The van der Waals surface area contributed by atoms with Crippen LogP contribution in [0.1, 0.15) is 27.5 Å². The molecule has 1 aliphatic heterocycles. The van der Waals surface area contributed by atoms with Crippen LogP contribution in [0.25, 0.3) is 5.76 Å². The fraction of sp³-hybridized carbons (Fsp3) is 0.0417. The van der Waals surface area contributed by atoms with Crippen molar-refractivity contribution in [2.24, 2.45) is 0 Å². The lowest BCUT2D eigenvalue weighted by molar-refractivity contribution is -0.132. The quantitative estimate of drug-likeness (QED) is 0.393. The van der Waals surface area contributed by atoms with Gasteiger partial charge in [-0.1, -0.05) is 60.7 Å². The number of carbonyl (C=O) groups excluding carboxylic acids is 2. The molecule has 6 heteroatoms. The van der Waals surface area contributed by atoms with E-state index in [-0.39, 0.29) is 16.9 Å². The van der Waals surface area contributed by atoms with Gasteiger partial charge in [0.2, 0.25) is 0 Å². The standard InChI is InChI=1S/C24H17NO5/c26-21(16-9-5-2-6-10-16)19-20(15-7-3-1-4-8-15)25(23(28)22(19)27)18-13-11-17(12-14-18)24(29)30/h1-14,20,26H,(H,29,30)/t20-/m0/s1. The molecule has 3 aromatic carbocycles. The molecular weight excluding hydrogens is 382 g/mol. The predicted molar refractivity (Wildman–Crippen MR) is 111 cm³/mol. The largest absolute Gasteiger partial charge is 0.507 e. The highest BCUT2D eigenvalue weighted by Gasteiger charge is 2.46. The molecule has 0 spiro atoms. The molecule has 148 valence electrons. The van der Waals surface area contributed by atoms with Crippen LogP contribution in [0.5, 0.6) is 0 Å². The second kappa shape index (κ2) is 7.67. The molecule has 0 radical (unpaired) electrons. The summed E-state index contributed by atoms with van der Waals surface area (Å²) in [5, 5.41) is 20.1. The Morgan fingerprint density at radius 2 is 1.30 bits per heavy atom. The van der Waals surface area contributed by atoms with Crippen molar-refractivity contribution in [1.29, 1.82) is 0 Å². The second-order valence-corrected chi connectivity index (χ2v) is 6.80. The molecule has 0 unspecified atom stereocenters. The Kier molecular flexibility index (Phi) is 4.90. The van der Waals surface area contributed by atoms with Gasteiger partial charge in [-0.25, -0.2) is 4.79 Å². The summed E-state index contributed by atoms with van der Waals surface area (Å²) in [6, 6.07) is 22.3. The third kappa shape index (κ3) is 3.24. The minimum Gasteiger partial charge on any atom is -0.507 e. The number of rotatable bonds is 4. The number of ketones is 1. The van der Waals surface area contributed by atoms with E-state index in [1.54, 1.807) is 54.6 Å². The molecule has 3 aromatic rings. The summed E-state index contributed by atoms with van der Waals surface area (Å²) in [7, 11) is 0. The van der Waals surface area contributed by atoms with Gasteiger partial charge in [0.25, 0.3) is 11.7 Å². The number of nitrogens with zero attached hydrogens (tertiary/aromatic N) is 1. The molecular formula is C24H17NO5. The van der Waals surface area contributed by atoms with Gasteiger partial charge in [-0.15, -0.1) is 0 Å². The van der Waals surface area contributed by atoms with E-state index < -0.39 is 23.7 Å². The van der Waals surface area contributed by atoms with Crippen molar-refractivity contribution in [2.75, 3.05) is 4.90 Å². The minimum absolute atomic E-state index is 0.0142. The zero-order valence-corrected chi connectivity index (χ0v) is 15.7. The number of aromatic carboxylic acids is 1. The first-order valence-electron chi connectivity index (χ1n) is 9.24. The lowest BCUT2D eigenvalue weighted by Crippen LogP contribution is -2.29. The molecule has 1 amide bonds. The van der Waals surface area contributed by atoms with Crippen molar-refractivity contribution in [1.82, 2.24) is 0 Å². The maximum atomic E-state index is 13.0. The van der Waals surface area contributed by atoms with E-state index in [0.717, 1.165) is 0 Å². The summed E-state index contributed by atoms with van der Waals surface area (Å²) in [5.74, 6) is -2.93. The van der Waals surface area contributed by atoms with Gasteiger partial charge < -0.3 is 10.2 Å². The van der Waals surface area contributed by atoms with Gasteiger partial charge in [0.05, 0.1) is 17.2 Å². The van der Waals surface area contributed by atoms with E-state index >= 15 is 0 Å². The van der Waals surface area contributed by atoms with E-state index in [1.165, 1.54) is 29.2 Å². The zero-order chi connectivity index (χ0) is 21.3. The third-order valence-electron chi connectivity index (χ3n) is 5.00. The van der Waals surface area contributed by atoms with Gasteiger partial charge >= 0.3 is 5.97 Å². The number of benzene rings is 3. The molecule has 1 atom stereocenters. The molecule has 0 saturated carbocycles. The minimum atomic E-state index is -1.09. The topological polar surface area (TPSA) is 94.9 Å². The van der Waals surface area contributed by atoms with Gasteiger partial charge in [0, 0.05) is 11.3 Å². The number of hydrogen-bond acceptors (Lipinski definition) is 4. The Hall–Kier alpha value is -4.19. The van der Waals surface area contributed by atoms with E-state index in [4.69, 9.17) is 5.11 Å². The average Bonchev–Trinajstić information content (AvgIpc) is 3.05. The Morgan fingerprint density at radius 1 is 0.733 bits per heavy atom. The summed E-state index contributed by atoms with van der Waals surface area (Å²) < 4.78 is 0. The Labute approximate surface area is 172 Å². The smallest absolute Gasteiger partial charge is 0.335 e. The molecule has 0 aromatic heterocycles. The molecule has 1 fully saturated rings. The number of carboxylic acids is 1. The van der Waals surface area contributed by atoms with E-state index in [1.807, 2.05) is 6.07 Å². The van der Waals surface area contributed by atoms with Crippen LogP contribution in [0.4, 0.5) is 5.69 Å². The molecule has 2 N–H and O–H groups in total. The normalized spacial score (nSPS) is 17.9. The van der Waals surface area contributed by atoms with E-state index in [2.05, 4.69) is 0 Å². The van der Waals surface area contributed by atoms with Gasteiger partial charge in [-0.2, -0.15) is 0 Å². The number of anilines is 1. The van der Waals surface area contributed by atoms with Gasteiger partial charge in [-0.05, 0) is 29.8 Å². The fourth-order valence-electron chi connectivity index (χ4n) is 3.57. The lowest BCUT2D eigenvalue weighted by atomic mass is 9.95. The van der Waals surface area contributed by atoms with Gasteiger partial charge in [-0.3, -0.25) is 14.5 Å². The maximum Gasteiger partial charge on any atom is 0.335 e. The Bertz CT molecular complexity index is 1150. The number of amides is 1. The molecule has 4 rings (SSSR count). The van der Waals surface area contributed by atoms with Gasteiger partial charge in [0.15, 0.2) is 0 Å². The van der Waals surface area contributed by atoms with Crippen molar-refractivity contribution in [2.45, 2.75) is 6.04 Å². The summed E-state index contributed by atoms with van der Waals surface area (Å²) in [6.07, 6.45) is 0. The first-order valence-corrected chi connectivity index (χ1v) is 9.24. The summed E-state index contributed by atoms with van der Waals surface area (Å²) in [6.45, 7) is 0. The number of carboxylic acid groups (broad SMARTS) is 1. The highest BCUT2D eigenvalue weighted by atomic mass is 16.4. The maximum absolute atomic E-state index is 13.0. The number of carbonyl (C=O) groups is 3. The van der Waals surface area contributed by atoms with Gasteiger partial charge in [0.1, 0.15) is 5.76 Å². The van der Waals surface area contributed by atoms with Crippen molar-refractivity contribution >= 4 is 29.1 Å². The fourth-order valence-corrected chi connectivity index (χ4v) is 3.57. The Balaban J connectivity index is 1.91. The predicted octanol–water partition coefficient (Wildman–Crippen LogP) is 4.01. The molecule has 0 bridgehead atoms. The number of aliphatic hydroxyl groups excluding tert-OH is 1. The lowest BCUT2D eigenvalue weighted by Gasteiger charge is -2.25. The zero-order valence-electron chi connectivity index (χ0n) is 15.7. The first kappa shape index (κ1) is 19.1. The van der Waals surface area contributed by atoms with Crippen LogP contribution in [-0.4, -0.2) is 27.9 Å². The number of Topliss-reactive ketones (excluding diaryl/α,β-unsaturated/α-hetero) is 1. The van der Waals surface area contributed by atoms with E-state index in [9.17, 15) is 19.5 Å². The van der Waals surface area contributed by atoms with Crippen LogP contribution >= 0.6 is 0 Å². The summed E-state index contributed by atoms with van der Waals surface area (Å²) >= 11 is 0. The molecule has 6 nitrogen and oxygen atoms in total. The van der Waals surface area contributed by atoms with Crippen molar-refractivity contribution in [3.05, 3.63) is 107 Å². The monoisotopic (exact) mass is 399 g/mol. The van der Waals surface area contributed by atoms with E-state index in [0.29, 0.717) is 16.8 Å². The van der Waals surface area contributed by atoms with Crippen molar-refractivity contribution in [3.8, 4) is 0 Å². The molecule has 1 aliphatic rings. The highest BCUT2D eigenvalue weighted by Crippen LogP contribution is 2.42. The number of hydrogen-bond donors (Lipinski definition) is 2. The first-order chi connectivity index (χ1) is 14.5. The van der Waals surface area contributed by atoms with Crippen molar-refractivity contribution in [3.63, 3.8) is 0 Å². The van der Waals surface area contributed by atoms with Crippen LogP contribution < -0.4 is 4.90 Å². The van der Waals surface area contributed by atoms with Crippen LogP contribution in [0.3, 0.4) is 0 Å². The molecule has 1 saturated heterocycles. The molecule has 1 heterocycles. The molecule has 0 aliphatic carbocycles. The van der Waals surface area contributed by atoms with Crippen LogP contribution in [0.15, 0.2) is 90.5 Å². The highest BCUT2D eigenvalue weighted by molar-refractivity contribution is 6.51. The van der Waals surface area contributed by atoms with Crippen molar-refractivity contribution < 1.29 is 24.6 Å². The summed E-state index contributed by atoms with van der Waals surface area (Å²) in [4.78, 5) is 38.4. The SMILES string of the molecule is O=C1C(=O)N(c2ccc(C(=O)O)cc2)[C@@H](c2ccccc2)C1=C(O)c1ccccc1. The summed E-state index contributed by atoms with van der Waals surface area (Å²) in [5.41, 5.74) is 1.49. The Morgan fingerprint density at radius 3 is 1.87 bits per heavy atom. The van der Waals surface area contributed by atoms with Crippen LogP contribution in [0.2, 0.25) is 0 Å². The molecule has 30 heavy (non-hydrogen) atoms. The van der Waals surface area contributed by atoms with Crippen LogP contribution in [0, 0.1) is 0 Å².